The molecule has 0 unspecified atom stereocenters. The van der Waals surface area contributed by atoms with Crippen molar-refractivity contribution in [3.63, 3.8) is 0 Å². The minimum absolute atomic E-state index is 0.126. The quantitative estimate of drug-likeness (QED) is 0.704. The van der Waals surface area contributed by atoms with Crippen LogP contribution in [-0.4, -0.2) is 20.1 Å². The first-order chi connectivity index (χ1) is 6.38. The third-order valence-electron chi connectivity index (χ3n) is 1.61. The first-order valence-corrected chi connectivity index (χ1v) is 3.78. The van der Waals surface area contributed by atoms with Crippen LogP contribution in [0.5, 0.6) is 5.75 Å². The van der Waals surface area contributed by atoms with Crippen LogP contribution in [-0.2, 0) is 0 Å². The normalized spacial score (nSPS) is 9.85. The lowest BCUT2D eigenvalue weighted by Gasteiger charge is -2.00. The molecule has 13 heavy (non-hydrogen) atoms. The molecule has 0 radical (unpaired) electrons. The van der Waals surface area contributed by atoms with Gasteiger partial charge in [-0.15, -0.1) is 0 Å². The van der Waals surface area contributed by atoms with Crippen molar-refractivity contribution >= 4 is 0 Å². The molecule has 2 aromatic rings. The molecule has 4 heteroatoms. The molecule has 0 saturated carbocycles. The molecule has 2 aromatic heterocycles. The number of aromatic nitrogens is 3. The molecule has 0 atom stereocenters. The van der Waals surface area contributed by atoms with Gasteiger partial charge in [-0.2, -0.15) is 0 Å². The molecular weight excluding hydrogens is 166 g/mol. The molecule has 4 nitrogen and oxygen atoms in total. The average Bonchev–Trinajstić information content (AvgIpc) is 2.20. The van der Waals surface area contributed by atoms with E-state index < -0.39 is 0 Å². The molecule has 2 rings (SSSR count). The summed E-state index contributed by atoms with van der Waals surface area (Å²) in [7, 11) is 0. The van der Waals surface area contributed by atoms with Crippen molar-refractivity contribution in [2.75, 3.05) is 0 Å². The van der Waals surface area contributed by atoms with Crippen LogP contribution in [0.3, 0.4) is 0 Å². The van der Waals surface area contributed by atoms with Gasteiger partial charge in [-0.25, -0.2) is 9.97 Å². The van der Waals surface area contributed by atoms with Crippen molar-refractivity contribution < 1.29 is 5.11 Å². The van der Waals surface area contributed by atoms with Crippen molar-refractivity contribution in [1.82, 2.24) is 15.0 Å². The lowest BCUT2D eigenvalue weighted by molar-refractivity contribution is 0.475. The van der Waals surface area contributed by atoms with Gasteiger partial charge in [0.15, 0.2) is 0 Å². The largest absolute Gasteiger partial charge is 0.506 e. The standard InChI is InChI=1S/C9H7N3O/c13-8-2-1-4-11-9(8)7-3-5-10-6-12-7/h1-6,13H. The summed E-state index contributed by atoms with van der Waals surface area (Å²) in [6.07, 6.45) is 4.64. The van der Waals surface area contributed by atoms with E-state index in [9.17, 15) is 5.11 Å². The van der Waals surface area contributed by atoms with Crippen LogP contribution in [0.2, 0.25) is 0 Å². The summed E-state index contributed by atoms with van der Waals surface area (Å²) in [5, 5.41) is 9.44. The monoisotopic (exact) mass is 173 g/mol. The third kappa shape index (κ3) is 1.46. The van der Waals surface area contributed by atoms with Gasteiger partial charge in [-0.3, -0.25) is 4.98 Å². The molecule has 0 aliphatic heterocycles. The molecule has 0 aromatic carbocycles. The summed E-state index contributed by atoms with van der Waals surface area (Å²) in [6, 6.07) is 4.94. The highest BCUT2D eigenvalue weighted by Crippen LogP contribution is 2.22. The number of hydrogen-bond acceptors (Lipinski definition) is 4. The Labute approximate surface area is 74.9 Å². The van der Waals surface area contributed by atoms with E-state index in [0.29, 0.717) is 11.4 Å². The number of pyridine rings is 1. The number of nitrogens with zero attached hydrogens (tertiary/aromatic N) is 3. The maximum atomic E-state index is 9.44. The minimum Gasteiger partial charge on any atom is -0.506 e. The van der Waals surface area contributed by atoms with E-state index in [4.69, 9.17) is 0 Å². The molecule has 64 valence electrons. The van der Waals surface area contributed by atoms with E-state index in [1.807, 2.05) is 0 Å². The Kier molecular flexibility index (Phi) is 1.88. The van der Waals surface area contributed by atoms with Gasteiger partial charge in [0.2, 0.25) is 0 Å². The van der Waals surface area contributed by atoms with Crippen molar-refractivity contribution in [2.45, 2.75) is 0 Å². The van der Waals surface area contributed by atoms with Crippen molar-refractivity contribution in [3.05, 3.63) is 36.9 Å². The van der Waals surface area contributed by atoms with Gasteiger partial charge in [0.25, 0.3) is 0 Å². The lowest BCUT2D eigenvalue weighted by Crippen LogP contribution is -1.87. The molecule has 0 aliphatic rings. The fraction of sp³-hybridized carbons (Fsp3) is 0. The van der Waals surface area contributed by atoms with Gasteiger partial charge in [0.05, 0.1) is 5.69 Å². The molecule has 0 spiro atoms. The average molecular weight is 173 g/mol. The van der Waals surface area contributed by atoms with E-state index >= 15 is 0 Å². The van der Waals surface area contributed by atoms with Crippen LogP contribution in [0.15, 0.2) is 36.9 Å². The molecule has 0 fully saturated rings. The van der Waals surface area contributed by atoms with Crippen LogP contribution in [0.25, 0.3) is 11.4 Å². The van der Waals surface area contributed by atoms with E-state index in [0.717, 1.165) is 0 Å². The summed E-state index contributed by atoms with van der Waals surface area (Å²) in [5.41, 5.74) is 1.10. The predicted octanol–water partition coefficient (Wildman–Crippen LogP) is 1.24. The number of rotatable bonds is 1. The minimum atomic E-state index is 0.126. The Bertz CT molecular complexity index is 403. The van der Waals surface area contributed by atoms with Gasteiger partial charge in [-0.05, 0) is 18.2 Å². The second-order valence-corrected chi connectivity index (χ2v) is 2.47. The molecule has 2 heterocycles. The summed E-state index contributed by atoms with van der Waals surface area (Å²) in [5.74, 6) is 0.126. The van der Waals surface area contributed by atoms with Crippen LogP contribution in [0.1, 0.15) is 0 Å². The van der Waals surface area contributed by atoms with Crippen molar-refractivity contribution in [2.24, 2.45) is 0 Å². The maximum Gasteiger partial charge on any atom is 0.143 e. The Morgan fingerprint density at radius 2 is 2.00 bits per heavy atom. The zero-order chi connectivity index (χ0) is 9.10. The Morgan fingerprint density at radius 1 is 1.08 bits per heavy atom. The van der Waals surface area contributed by atoms with Crippen molar-refractivity contribution in [3.8, 4) is 17.1 Å². The van der Waals surface area contributed by atoms with E-state index in [2.05, 4.69) is 15.0 Å². The second kappa shape index (κ2) is 3.18. The number of aromatic hydroxyl groups is 1. The highest BCUT2D eigenvalue weighted by atomic mass is 16.3. The van der Waals surface area contributed by atoms with E-state index in [1.165, 1.54) is 6.33 Å². The van der Waals surface area contributed by atoms with Gasteiger partial charge >= 0.3 is 0 Å². The highest BCUT2D eigenvalue weighted by Gasteiger charge is 2.04. The van der Waals surface area contributed by atoms with Gasteiger partial charge < -0.3 is 5.11 Å². The fourth-order valence-corrected chi connectivity index (χ4v) is 1.02. The van der Waals surface area contributed by atoms with Gasteiger partial charge in [-0.1, -0.05) is 0 Å². The third-order valence-corrected chi connectivity index (χ3v) is 1.61. The first-order valence-electron chi connectivity index (χ1n) is 3.78. The summed E-state index contributed by atoms with van der Waals surface area (Å²) in [4.78, 5) is 11.8. The topological polar surface area (TPSA) is 58.9 Å². The second-order valence-electron chi connectivity index (χ2n) is 2.47. The van der Waals surface area contributed by atoms with Crippen molar-refractivity contribution in [1.29, 1.82) is 0 Å². The predicted molar refractivity (Wildman–Crippen MR) is 46.9 cm³/mol. The van der Waals surface area contributed by atoms with Gasteiger partial charge in [0, 0.05) is 12.4 Å². The van der Waals surface area contributed by atoms with Gasteiger partial charge in [0.1, 0.15) is 17.8 Å². The Morgan fingerprint density at radius 3 is 2.69 bits per heavy atom. The fourth-order valence-electron chi connectivity index (χ4n) is 1.02. The summed E-state index contributed by atoms with van der Waals surface area (Å²) >= 11 is 0. The van der Waals surface area contributed by atoms with E-state index in [1.54, 1.807) is 30.6 Å². The van der Waals surface area contributed by atoms with E-state index in [-0.39, 0.29) is 5.75 Å². The molecular formula is C9H7N3O. The zero-order valence-corrected chi connectivity index (χ0v) is 6.75. The van der Waals surface area contributed by atoms with Crippen LogP contribution < -0.4 is 0 Å². The summed E-state index contributed by atoms with van der Waals surface area (Å²) in [6.45, 7) is 0. The lowest BCUT2D eigenvalue weighted by atomic mass is 10.2. The molecule has 0 bridgehead atoms. The van der Waals surface area contributed by atoms with Crippen LogP contribution >= 0.6 is 0 Å². The molecule has 0 amide bonds. The highest BCUT2D eigenvalue weighted by molar-refractivity contribution is 5.60. The summed E-state index contributed by atoms with van der Waals surface area (Å²) < 4.78 is 0. The molecule has 0 aliphatic carbocycles. The zero-order valence-electron chi connectivity index (χ0n) is 6.75. The Hall–Kier alpha value is -1.97. The molecule has 0 saturated heterocycles. The first kappa shape index (κ1) is 7.67. The van der Waals surface area contributed by atoms with Crippen LogP contribution in [0, 0.1) is 0 Å². The van der Waals surface area contributed by atoms with Crippen LogP contribution in [0.4, 0.5) is 0 Å². The number of hydrogen-bond donors (Lipinski definition) is 1. The Balaban J connectivity index is 2.54. The SMILES string of the molecule is Oc1cccnc1-c1ccncn1. The molecule has 1 N–H and O–H groups in total. The smallest absolute Gasteiger partial charge is 0.143 e. The maximum absolute atomic E-state index is 9.44.